The second-order valence-electron chi connectivity index (χ2n) is 2.80. The molecule has 0 amide bonds. The van der Waals surface area contributed by atoms with Crippen LogP contribution in [0.25, 0.3) is 11.4 Å². The third kappa shape index (κ3) is 1.44. The van der Waals surface area contributed by atoms with Gasteiger partial charge in [-0.3, -0.25) is 0 Å². The van der Waals surface area contributed by atoms with Gasteiger partial charge in [-0.15, -0.1) is 10.2 Å². The van der Waals surface area contributed by atoms with Crippen LogP contribution in [0.3, 0.4) is 0 Å². The number of aromatic nitrogens is 4. The van der Waals surface area contributed by atoms with Crippen LogP contribution in [-0.2, 0) is 7.05 Å². The zero-order valence-corrected chi connectivity index (χ0v) is 8.01. The molecule has 5 heteroatoms. The van der Waals surface area contributed by atoms with E-state index in [1.165, 1.54) is 4.80 Å². The van der Waals surface area contributed by atoms with Crippen molar-refractivity contribution in [2.24, 2.45) is 7.05 Å². The first kappa shape index (κ1) is 8.68. The minimum atomic E-state index is 0.574. The number of ether oxygens (including phenoxy) is 1. The maximum absolute atomic E-state index is 5.19. The predicted octanol–water partition coefficient (Wildman–Crippen LogP) is 0.886. The molecule has 72 valence electrons. The van der Waals surface area contributed by atoms with Gasteiger partial charge in [0, 0.05) is 0 Å². The first-order valence-electron chi connectivity index (χ1n) is 4.18. The predicted molar refractivity (Wildman–Crippen MR) is 50.8 cm³/mol. The van der Waals surface area contributed by atoms with E-state index in [4.69, 9.17) is 4.74 Å². The molecule has 1 aromatic carbocycles. The summed E-state index contributed by atoms with van der Waals surface area (Å²) in [6.45, 7) is 0. The Morgan fingerprint density at radius 1 is 1.29 bits per heavy atom. The van der Waals surface area contributed by atoms with Crippen molar-refractivity contribution in [2.75, 3.05) is 7.11 Å². The highest BCUT2D eigenvalue weighted by molar-refractivity contribution is 5.63. The highest BCUT2D eigenvalue weighted by Crippen LogP contribution is 2.25. The van der Waals surface area contributed by atoms with Crippen molar-refractivity contribution < 1.29 is 4.74 Å². The fourth-order valence-corrected chi connectivity index (χ4v) is 1.22. The van der Waals surface area contributed by atoms with Crippen LogP contribution in [0.4, 0.5) is 0 Å². The molecule has 2 aromatic rings. The van der Waals surface area contributed by atoms with Gasteiger partial charge in [-0.2, -0.15) is 4.80 Å². The van der Waals surface area contributed by atoms with E-state index in [0.29, 0.717) is 5.82 Å². The van der Waals surface area contributed by atoms with E-state index in [1.54, 1.807) is 14.2 Å². The summed E-state index contributed by atoms with van der Waals surface area (Å²) in [4.78, 5) is 1.42. The molecule has 14 heavy (non-hydrogen) atoms. The highest BCUT2D eigenvalue weighted by Gasteiger charge is 2.09. The maximum Gasteiger partial charge on any atom is 0.208 e. The van der Waals surface area contributed by atoms with Crippen molar-refractivity contribution in [3.8, 4) is 17.1 Å². The van der Waals surface area contributed by atoms with Gasteiger partial charge in [0.25, 0.3) is 0 Å². The molecular formula is C9H10N4O. The number of tetrazole rings is 1. The fourth-order valence-electron chi connectivity index (χ4n) is 1.22. The number of rotatable bonds is 2. The monoisotopic (exact) mass is 190 g/mol. The van der Waals surface area contributed by atoms with Crippen LogP contribution in [0.15, 0.2) is 24.3 Å². The Labute approximate surface area is 81.3 Å². The largest absolute Gasteiger partial charge is 0.496 e. The van der Waals surface area contributed by atoms with Crippen molar-refractivity contribution >= 4 is 0 Å². The van der Waals surface area contributed by atoms with Gasteiger partial charge < -0.3 is 4.74 Å². The zero-order valence-electron chi connectivity index (χ0n) is 8.01. The third-order valence-electron chi connectivity index (χ3n) is 1.86. The van der Waals surface area contributed by atoms with Crippen LogP contribution in [0, 0.1) is 0 Å². The van der Waals surface area contributed by atoms with Gasteiger partial charge in [-0.1, -0.05) is 12.1 Å². The first-order chi connectivity index (χ1) is 6.81. The molecule has 0 aliphatic carbocycles. The number of hydrogen-bond donors (Lipinski definition) is 0. The molecule has 0 saturated heterocycles. The van der Waals surface area contributed by atoms with Crippen LogP contribution in [0.1, 0.15) is 0 Å². The van der Waals surface area contributed by atoms with E-state index < -0.39 is 0 Å². The van der Waals surface area contributed by atoms with Crippen molar-refractivity contribution in [1.29, 1.82) is 0 Å². The summed E-state index contributed by atoms with van der Waals surface area (Å²) in [5.74, 6) is 1.32. The molecule has 0 radical (unpaired) electrons. The number of methoxy groups -OCH3 is 1. The van der Waals surface area contributed by atoms with Crippen LogP contribution < -0.4 is 4.74 Å². The Kier molecular flexibility index (Phi) is 2.14. The number of aryl methyl sites for hydroxylation is 1. The smallest absolute Gasteiger partial charge is 0.208 e. The molecule has 1 heterocycles. The molecule has 5 nitrogen and oxygen atoms in total. The Morgan fingerprint density at radius 2 is 2.07 bits per heavy atom. The molecule has 0 aliphatic rings. The molecule has 0 saturated carbocycles. The topological polar surface area (TPSA) is 52.8 Å². The molecule has 0 aliphatic heterocycles. The Balaban J connectivity index is 2.50. The van der Waals surface area contributed by atoms with Crippen molar-refractivity contribution in [1.82, 2.24) is 20.2 Å². The molecular weight excluding hydrogens is 180 g/mol. The molecule has 0 bridgehead atoms. The summed E-state index contributed by atoms with van der Waals surface area (Å²) in [5, 5.41) is 11.8. The van der Waals surface area contributed by atoms with E-state index in [1.807, 2.05) is 24.3 Å². The lowest BCUT2D eigenvalue weighted by Crippen LogP contribution is -1.92. The van der Waals surface area contributed by atoms with Crippen LogP contribution in [-0.4, -0.2) is 27.3 Å². The number of hydrogen-bond acceptors (Lipinski definition) is 4. The zero-order chi connectivity index (χ0) is 9.97. The molecule has 0 unspecified atom stereocenters. The van der Waals surface area contributed by atoms with Crippen LogP contribution >= 0.6 is 0 Å². The van der Waals surface area contributed by atoms with E-state index in [-0.39, 0.29) is 0 Å². The summed E-state index contributed by atoms with van der Waals surface area (Å²) in [6.07, 6.45) is 0. The van der Waals surface area contributed by atoms with Crippen molar-refractivity contribution in [2.45, 2.75) is 0 Å². The number of benzene rings is 1. The third-order valence-corrected chi connectivity index (χ3v) is 1.86. The van der Waals surface area contributed by atoms with Gasteiger partial charge in [0.2, 0.25) is 5.82 Å². The standard InChI is InChI=1S/C9H10N4O/c1-13-11-9(10-12-13)7-5-3-4-6-8(7)14-2/h3-6H,1-2H3. The lowest BCUT2D eigenvalue weighted by atomic mass is 10.2. The lowest BCUT2D eigenvalue weighted by Gasteiger charge is -2.02. The highest BCUT2D eigenvalue weighted by atomic mass is 16.5. The quantitative estimate of drug-likeness (QED) is 0.705. The van der Waals surface area contributed by atoms with Gasteiger partial charge >= 0.3 is 0 Å². The first-order valence-corrected chi connectivity index (χ1v) is 4.18. The van der Waals surface area contributed by atoms with Gasteiger partial charge in [0.05, 0.1) is 19.7 Å². The van der Waals surface area contributed by atoms with E-state index in [2.05, 4.69) is 15.4 Å². The van der Waals surface area contributed by atoms with Crippen LogP contribution in [0.5, 0.6) is 5.75 Å². The lowest BCUT2D eigenvalue weighted by molar-refractivity contribution is 0.416. The molecule has 0 atom stereocenters. The van der Waals surface area contributed by atoms with E-state index in [9.17, 15) is 0 Å². The maximum atomic E-state index is 5.19. The molecule has 2 rings (SSSR count). The summed E-state index contributed by atoms with van der Waals surface area (Å²) >= 11 is 0. The SMILES string of the molecule is COc1ccccc1-c1nnn(C)n1. The van der Waals surface area contributed by atoms with Gasteiger partial charge in [-0.05, 0) is 17.3 Å². The summed E-state index contributed by atoms with van der Waals surface area (Å²) < 4.78 is 5.19. The molecule has 0 spiro atoms. The summed E-state index contributed by atoms with van der Waals surface area (Å²) in [5.41, 5.74) is 0.850. The van der Waals surface area contributed by atoms with Crippen LogP contribution in [0.2, 0.25) is 0 Å². The van der Waals surface area contributed by atoms with Crippen molar-refractivity contribution in [3.63, 3.8) is 0 Å². The van der Waals surface area contributed by atoms with Gasteiger partial charge in [-0.25, -0.2) is 0 Å². The van der Waals surface area contributed by atoms with E-state index >= 15 is 0 Å². The molecule has 0 fully saturated rings. The fraction of sp³-hybridized carbons (Fsp3) is 0.222. The van der Waals surface area contributed by atoms with Crippen molar-refractivity contribution in [3.05, 3.63) is 24.3 Å². The minimum Gasteiger partial charge on any atom is -0.496 e. The number of para-hydroxylation sites is 1. The average Bonchev–Trinajstić information content (AvgIpc) is 2.65. The van der Waals surface area contributed by atoms with Gasteiger partial charge in [0.1, 0.15) is 5.75 Å². The Bertz CT molecular complexity index is 438. The van der Waals surface area contributed by atoms with E-state index in [0.717, 1.165) is 11.3 Å². The number of nitrogens with zero attached hydrogens (tertiary/aromatic N) is 4. The summed E-state index contributed by atoms with van der Waals surface area (Å²) in [7, 11) is 3.35. The second kappa shape index (κ2) is 3.45. The Morgan fingerprint density at radius 3 is 2.71 bits per heavy atom. The minimum absolute atomic E-state index is 0.574. The Hall–Kier alpha value is -1.91. The average molecular weight is 190 g/mol. The van der Waals surface area contributed by atoms with Gasteiger partial charge in [0.15, 0.2) is 0 Å². The summed E-state index contributed by atoms with van der Waals surface area (Å²) in [6, 6.07) is 7.58. The molecule has 1 aromatic heterocycles. The molecule has 0 N–H and O–H groups in total. The second-order valence-corrected chi connectivity index (χ2v) is 2.80. The normalized spacial score (nSPS) is 10.1.